The van der Waals surface area contributed by atoms with E-state index in [9.17, 15) is 18.0 Å². The Bertz CT molecular complexity index is 791. The van der Waals surface area contributed by atoms with Gasteiger partial charge in [0.15, 0.2) is 0 Å². The van der Waals surface area contributed by atoms with Crippen molar-refractivity contribution in [1.29, 1.82) is 0 Å². The average molecular weight is 397 g/mol. The van der Waals surface area contributed by atoms with E-state index >= 15 is 0 Å². The van der Waals surface area contributed by atoms with Crippen molar-refractivity contribution >= 4 is 11.7 Å². The second-order valence-electron chi connectivity index (χ2n) is 6.70. The normalized spacial score (nSPS) is 16.9. The summed E-state index contributed by atoms with van der Waals surface area (Å²) in [6.07, 6.45) is -0.435. The molecule has 0 saturated carbocycles. The maximum Gasteiger partial charge on any atom is 0.573 e. The Kier molecular flexibility index (Phi) is 5.96. The molecule has 10 heteroatoms. The van der Waals surface area contributed by atoms with Crippen LogP contribution in [0.25, 0.3) is 0 Å². The van der Waals surface area contributed by atoms with Crippen molar-refractivity contribution in [3.63, 3.8) is 0 Å². The van der Waals surface area contributed by atoms with Gasteiger partial charge in [-0.3, -0.25) is 0 Å². The predicted molar refractivity (Wildman–Crippen MR) is 96.9 cm³/mol. The number of anilines is 1. The molecule has 152 valence electrons. The molecule has 2 heterocycles. The molecule has 0 bridgehead atoms. The van der Waals surface area contributed by atoms with E-state index in [1.807, 2.05) is 11.6 Å². The zero-order valence-electron chi connectivity index (χ0n) is 15.4. The molecule has 7 nitrogen and oxygen atoms in total. The molecule has 1 aliphatic rings. The van der Waals surface area contributed by atoms with E-state index in [-0.39, 0.29) is 17.7 Å². The summed E-state index contributed by atoms with van der Waals surface area (Å²) in [5.74, 6) is 0.0345. The van der Waals surface area contributed by atoms with Crippen LogP contribution in [0.2, 0.25) is 0 Å². The number of amides is 2. The van der Waals surface area contributed by atoms with Gasteiger partial charge in [0, 0.05) is 38.6 Å². The number of nitrogens with one attached hydrogen (secondary N) is 2. The highest BCUT2D eigenvalue weighted by atomic mass is 19.4. The fraction of sp³-hybridized carbons (Fsp3) is 0.444. The molecule has 1 aromatic carbocycles. The van der Waals surface area contributed by atoms with Gasteiger partial charge in [-0.05, 0) is 36.6 Å². The van der Waals surface area contributed by atoms with Crippen molar-refractivity contribution in [3.05, 3.63) is 42.5 Å². The molecule has 28 heavy (non-hydrogen) atoms. The van der Waals surface area contributed by atoms with Gasteiger partial charge < -0.3 is 24.8 Å². The van der Waals surface area contributed by atoms with Gasteiger partial charge in [-0.25, -0.2) is 9.78 Å². The topological polar surface area (TPSA) is 71.4 Å². The Hall–Kier alpha value is -2.91. The molecule has 2 amide bonds. The van der Waals surface area contributed by atoms with Crippen LogP contribution in [0.4, 0.5) is 23.7 Å². The van der Waals surface area contributed by atoms with E-state index in [0.29, 0.717) is 13.1 Å². The lowest BCUT2D eigenvalue weighted by Gasteiger charge is -2.19. The van der Waals surface area contributed by atoms with E-state index in [0.717, 1.165) is 30.9 Å². The largest absolute Gasteiger partial charge is 0.573 e. The van der Waals surface area contributed by atoms with Gasteiger partial charge in [0.1, 0.15) is 5.75 Å². The summed E-state index contributed by atoms with van der Waals surface area (Å²) in [5.41, 5.74) is 1.73. The van der Waals surface area contributed by atoms with Gasteiger partial charge in [-0.15, -0.1) is 13.2 Å². The summed E-state index contributed by atoms with van der Waals surface area (Å²) in [6.45, 7) is 2.43. The van der Waals surface area contributed by atoms with Crippen LogP contribution in [0, 0.1) is 5.92 Å². The first-order valence-corrected chi connectivity index (χ1v) is 8.88. The Morgan fingerprint density at radius 2 is 2.04 bits per heavy atom. The Morgan fingerprint density at radius 1 is 1.29 bits per heavy atom. The van der Waals surface area contributed by atoms with Crippen LogP contribution < -0.4 is 20.3 Å². The van der Waals surface area contributed by atoms with Gasteiger partial charge in [0.05, 0.1) is 18.6 Å². The summed E-state index contributed by atoms with van der Waals surface area (Å²) in [7, 11) is 1.86. The number of aromatic nitrogens is 2. The molecule has 1 unspecified atom stereocenters. The van der Waals surface area contributed by atoms with E-state index in [1.54, 1.807) is 24.7 Å². The first-order valence-electron chi connectivity index (χ1n) is 8.88. The molecule has 2 N–H and O–H groups in total. The Morgan fingerprint density at radius 3 is 2.68 bits per heavy atom. The molecule has 2 aromatic rings. The van der Waals surface area contributed by atoms with Gasteiger partial charge in [0.2, 0.25) is 0 Å². The average Bonchev–Trinajstić information content (AvgIpc) is 3.26. The number of ether oxygens (including phenoxy) is 1. The number of benzene rings is 1. The second-order valence-corrected chi connectivity index (χ2v) is 6.70. The highest BCUT2D eigenvalue weighted by Crippen LogP contribution is 2.28. The minimum atomic E-state index is -4.69. The standard InChI is InChI=1S/C18H22F3N5O2/c1-25-12-22-9-15(25)10-24-17(27)23-8-13-6-7-26(11-13)14-2-4-16(5-3-14)28-18(19,20)21/h2-5,9,12-13H,6-8,10-11H2,1H3,(H2,23,24,27). The molecule has 1 aromatic heterocycles. The summed E-state index contributed by atoms with van der Waals surface area (Å²) in [5, 5.41) is 5.65. The third-order valence-electron chi connectivity index (χ3n) is 4.62. The minimum absolute atomic E-state index is 0.237. The molecule has 1 atom stereocenters. The van der Waals surface area contributed by atoms with Crippen LogP contribution in [0.1, 0.15) is 12.1 Å². The molecule has 1 fully saturated rings. The first kappa shape index (κ1) is 19.8. The molecule has 0 spiro atoms. The molecular weight excluding hydrogens is 375 g/mol. The minimum Gasteiger partial charge on any atom is -0.406 e. The number of halogens is 3. The van der Waals surface area contributed by atoms with Gasteiger partial charge >= 0.3 is 12.4 Å². The van der Waals surface area contributed by atoms with Crippen molar-refractivity contribution < 1.29 is 22.7 Å². The van der Waals surface area contributed by atoms with Gasteiger partial charge in [-0.2, -0.15) is 0 Å². The third-order valence-corrected chi connectivity index (χ3v) is 4.62. The number of nitrogens with zero attached hydrogens (tertiary/aromatic N) is 3. The molecule has 1 aliphatic heterocycles. The predicted octanol–water partition coefficient (Wildman–Crippen LogP) is 2.64. The molecule has 3 rings (SSSR count). The van der Waals surface area contributed by atoms with Crippen molar-refractivity contribution in [1.82, 2.24) is 20.2 Å². The number of urea groups is 1. The van der Waals surface area contributed by atoms with E-state index in [4.69, 9.17) is 0 Å². The van der Waals surface area contributed by atoms with Crippen LogP contribution in [-0.4, -0.2) is 41.6 Å². The lowest BCUT2D eigenvalue weighted by atomic mass is 10.1. The monoisotopic (exact) mass is 397 g/mol. The SMILES string of the molecule is Cn1cncc1CNC(=O)NCC1CCN(c2ccc(OC(F)(F)F)cc2)C1. The Labute approximate surface area is 160 Å². The van der Waals surface area contributed by atoms with E-state index in [1.165, 1.54) is 12.1 Å². The van der Waals surface area contributed by atoms with Crippen LogP contribution in [0.15, 0.2) is 36.8 Å². The van der Waals surface area contributed by atoms with Crippen molar-refractivity contribution in [2.75, 3.05) is 24.5 Å². The molecule has 0 aliphatic carbocycles. The highest BCUT2D eigenvalue weighted by molar-refractivity contribution is 5.73. The van der Waals surface area contributed by atoms with Crippen molar-refractivity contribution in [3.8, 4) is 5.75 Å². The maximum atomic E-state index is 12.2. The van der Waals surface area contributed by atoms with E-state index < -0.39 is 6.36 Å². The third kappa shape index (κ3) is 5.54. The molecule has 0 radical (unpaired) electrons. The second kappa shape index (κ2) is 8.41. The number of rotatable bonds is 6. The summed E-state index contributed by atoms with van der Waals surface area (Å²) < 4.78 is 42.4. The van der Waals surface area contributed by atoms with Crippen LogP contribution in [-0.2, 0) is 13.6 Å². The maximum absolute atomic E-state index is 12.2. The van der Waals surface area contributed by atoms with E-state index in [2.05, 4.69) is 25.3 Å². The quantitative estimate of drug-likeness (QED) is 0.786. The number of aryl methyl sites for hydroxylation is 1. The van der Waals surface area contributed by atoms with Crippen LogP contribution in [0.5, 0.6) is 5.75 Å². The smallest absolute Gasteiger partial charge is 0.406 e. The van der Waals surface area contributed by atoms with Crippen LogP contribution >= 0.6 is 0 Å². The number of carbonyl (C=O) groups is 1. The van der Waals surface area contributed by atoms with Gasteiger partial charge in [-0.1, -0.05) is 0 Å². The molecular formula is C18H22F3N5O2. The fourth-order valence-electron chi connectivity index (χ4n) is 3.12. The molecule has 1 saturated heterocycles. The number of alkyl halides is 3. The fourth-order valence-corrected chi connectivity index (χ4v) is 3.12. The number of carbonyl (C=O) groups excluding carboxylic acids is 1. The van der Waals surface area contributed by atoms with Crippen LogP contribution in [0.3, 0.4) is 0 Å². The van der Waals surface area contributed by atoms with Crippen molar-refractivity contribution in [2.45, 2.75) is 19.3 Å². The zero-order chi connectivity index (χ0) is 20.1. The lowest BCUT2D eigenvalue weighted by Crippen LogP contribution is -2.38. The number of hydrogen-bond donors (Lipinski definition) is 2. The first-order chi connectivity index (χ1) is 13.3. The lowest BCUT2D eigenvalue weighted by molar-refractivity contribution is -0.274. The Balaban J connectivity index is 1.41. The zero-order valence-corrected chi connectivity index (χ0v) is 15.4. The summed E-state index contributed by atoms with van der Waals surface area (Å²) in [6, 6.07) is 5.59. The van der Waals surface area contributed by atoms with Gasteiger partial charge in [0.25, 0.3) is 0 Å². The summed E-state index contributed by atoms with van der Waals surface area (Å²) in [4.78, 5) is 18.0. The summed E-state index contributed by atoms with van der Waals surface area (Å²) >= 11 is 0. The highest BCUT2D eigenvalue weighted by Gasteiger charge is 2.31. The number of imidazole rings is 1. The number of hydrogen-bond acceptors (Lipinski definition) is 4. The van der Waals surface area contributed by atoms with Crippen molar-refractivity contribution in [2.24, 2.45) is 13.0 Å².